The Balaban J connectivity index is 1.63. The van der Waals surface area contributed by atoms with Crippen molar-refractivity contribution in [1.82, 2.24) is 9.88 Å². The van der Waals surface area contributed by atoms with Gasteiger partial charge in [-0.05, 0) is 17.7 Å². The average Bonchev–Trinajstić information content (AvgIpc) is 2.91. The highest BCUT2D eigenvalue weighted by Gasteiger charge is 2.14. The Bertz CT molecular complexity index is 809. The number of aryl methyl sites for hydroxylation is 1. The standard InChI is InChI=1S/C19H20N2O2/c1-21-17-10-6-5-9-15(17)12-18(21)19(23)20-13-16(22)11-14-7-3-2-4-8-14/h2-10,12,16,22H,11,13H2,1H3,(H,20,23). The van der Waals surface area contributed by atoms with Gasteiger partial charge in [0.2, 0.25) is 0 Å². The van der Waals surface area contributed by atoms with Crippen LogP contribution in [0.3, 0.4) is 0 Å². The number of para-hydroxylation sites is 1. The molecule has 1 aromatic heterocycles. The van der Waals surface area contributed by atoms with Gasteiger partial charge in [0.1, 0.15) is 5.69 Å². The SMILES string of the molecule is Cn1c(C(=O)NCC(O)Cc2ccccc2)cc2ccccc21. The lowest BCUT2D eigenvalue weighted by atomic mass is 10.1. The Morgan fingerprint density at radius 1 is 1.13 bits per heavy atom. The van der Waals surface area contributed by atoms with E-state index < -0.39 is 6.10 Å². The molecule has 118 valence electrons. The van der Waals surface area contributed by atoms with E-state index in [-0.39, 0.29) is 12.5 Å². The molecular weight excluding hydrogens is 288 g/mol. The molecule has 1 heterocycles. The molecule has 0 fully saturated rings. The summed E-state index contributed by atoms with van der Waals surface area (Å²) in [5.74, 6) is -0.171. The number of hydrogen-bond acceptors (Lipinski definition) is 2. The van der Waals surface area contributed by atoms with Gasteiger partial charge in [-0.2, -0.15) is 0 Å². The lowest BCUT2D eigenvalue weighted by Crippen LogP contribution is -2.34. The Hall–Kier alpha value is -2.59. The van der Waals surface area contributed by atoms with Crippen molar-refractivity contribution in [1.29, 1.82) is 0 Å². The van der Waals surface area contributed by atoms with E-state index >= 15 is 0 Å². The van der Waals surface area contributed by atoms with Crippen molar-refractivity contribution in [3.8, 4) is 0 Å². The Morgan fingerprint density at radius 3 is 2.57 bits per heavy atom. The first-order chi connectivity index (χ1) is 11.1. The smallest absolute Gasteiger partial charge is 0.268 e. The molecule has 1 unspecified atom stereocenters. The molecule has 0 aliphatic heterocycles. The molecule has 1 amide bonds. The maximum absolute atomic E-state index is 12.3. The van der Waals surface area contributed by atoms with E-state index in [2.05, 4.69) is 5.32 Å². The monoisotopic (exact) mass is 308 g/mol. The molecule has 2 N–H and O–H groups in total. The minimum Gasteiger partial charge on any atom is -0.391 e. The van der Waals surface area contributed by atoms with Crippen LogP contribution in [0.15, 0.2) is 60.7 Å². The van der Waals surface area contributed by atoms with Crippen LogP contribution in [0.4, 0.5) is 0 Å². The summed E-state index contributed by atoms with van der Waals surface area (Å²) < 4.78 is 1.87. The van der Waals surface area contributed by atoms with Crippen LogP contribution in [0.25, 0.3) is 10.9 Å². The molecule has 4 nitrogen and oxygen atoms in total. The van der Waals surface area contributed by atoms with Gasteiger partial charge in [0, 0.05) is 30.9 Å². The van der Waals surface area contributed by atoms with Gasteiger partial charge in [-0.1, -0.05) is 48.5 Å². The van der Waals surface area contributed by atoms with Gasteiger partial charge >= 0.3 is 0 Å². The third-order valence-corrected chi connectivity index (χ3v) is 4.00. The van der Waals surface area contributed by atoms with E-state index in [1.165, 1.54) is 0 Å². The molecule has 3 rings (SSSR count). The van der Waals surface area contributed by atoms with E-state index in [4.69, 9.17) is 0 Å². The summed E-state index contributed by atoms with van der Waals surface area (Å²) in [7, 11) is 1.87. The maximum Gasteiger partial charge on any atom is 0.268 e. The molecule has 0 aliphatic carbocycles. The summed E-state index contributed by atoms with van der Waals surface area (Å²) in [5, 5.41) is 13.9. The summed E-state index contributed by atoms with van der Waals surface area (Å²) in [4.78, 5) is 12.3. The summed E-state index contributed by atoms with van der Waals surface area (Å²) in [6, 6.07) is 19.5. The minimum absolute atomic E-state index is 0.171. The molecule has 0 aliphatic rings. The van der Waals surface area contributed by atoms with Crippen LogP contribution in [0.2, 0.25) is 0 Å². The third kappa shape index (κ3) is 3.43. The molecule has 0 bridgehead atoms. The van der Waals surface area contributed by atoms with E-state index in [1.54, 1.807) is 0 Å². The summed E-state index contributed by atoms with van der Waals surface area (Å²) in [5.41, 5.74) is 2.67. The van der Waals surface area contributed by atoms with Gasteiger partial charge in [-0.15, -0.1) is 0 Å². The highest BCUT2D eigenvalue weighted by molar-refractivity contribution is 5.98. The Labute approximate surface area is 135 Å². The summed E-state index contributed by atoms with van der Waals surface area (Å²) >= 11 is 0. The number of aliphatic hydroxyl groups is 1. The van der Waals surface area contributed by atoms with Crippen LogP contribution in [0, 0.1) is 0 Å². The number of benzene rings is 2. The van der Waals surface area contributed by atoms with Gasteiger partial charge in [0.25, 0.3) is 5.91 Å². The summed E-state index contributed by atoms with van der Waals surface area (Å²) in [6.07, 6.45) is -0.0769. The number of fused-ring (bicyclic) bond motifs is 1. The first-order valence-electron chi connectivity index (χ1n) is 7.70. The predicted molar refractivity (Wildman–Crippen MR) is 91.4 cm³/mol. The molecule has 1 atom stereocenters. The lowest BCUT2D eigenvalue weighted by Gasteiger charge is -2.12. The number of rotatable bonds is 5. The molecule has 0 saturated heterocycles. The van der Waals surface area contributed by atoms with Crippen molar-refractivity contribution in [2.75, 3.05) is 6.54 Å². The minimum atomic E-state index is -0.601. The second kappa shape index (κ2) is 6.67. The van der Waals surface area contributed by atoms with E-state index in [1.807, 2.05) is 72.3 Å². The second-order valence-electron chi connectivity index (χ2n) is 5.70. The molecular formula is C19H20N2O2. The van der Waals surface area contributed by atoms with Crippen LogP contribution in [0.1, 0.15) is 16.1 Å². The quantitative estimate of drug-likeness (QED) is 0.761. The number of aromatic nitrogens is 1. The highest BCUT2D eigenvalue weighted by atomic mass is 16.3. The van der Waals surface area contributed by atoms with E-state index in [0.717, 1.165) is 16.5 Å². The molecule has 3 aromatic rings. The zero-order valence-electron chi connectivity index (χ0n) is 13.1. The molecule has 23 heavy (non-hydrogen) atoms. The number of nitrogens with one attached hydrogen (secondary N) is 1. The van der Waals surface area contributed by atoms with Crippen LogP contribution >= 0.6 is 0 Å². The van der Waals surface area contributed by atoms with Gasteiger partial charge in [-0.3, -0.25) is 4.79 Å². The van der Waals surface area contributed by atoms with Gasteiger partial charge in [-0.25, -0.2) is 0 Å². The Morgan fingerprint density at radius 2 is 1.83 bits per heavy atom. The Kier molecular flexibility index (Phi) is 4.44. The van der Waals surface area contributed by atoms with Crippen molar-refractivity contribution in [2.45, 2.75) is 12.5 Å². The van der Waals surface area contributed by atoms with Crippen LogP contribution in [-0.2, 0) is 13.5 Å². The van der Waals surface area contributed by atoms with Crippen molar-refractivity contribution in [3.05, 3.63) is 71.9 Å². The second-order valence-corrected chi connectivity index (χ2v) is 5.70. The highest BCUT2D eigenvalue weighted by Crippen LogP contribution is 2.18. The molecule has 0 spiro atoms. The average molecular weight is 308 g/mol. The van der Waals surface area contributed by atoms with Crippen molar-refractivity contribution < 1.29 is 9.90 Å². The van der Waals surface area contributed by atoms with Crippen LogP contribution in [0.5, 0.6) is 0 Å². The summed E-state index contributed by atoms with van der Waals surface area (Å²) in [6.45, 7) is 0.231. The number of nitrogens with zero attached hydrogens (tertiary/aromatic N) is 1. The van der Waals surface area contributed by atoms with E-state index in [0.29, 0.717) is 12.1 Å². The number of amides is 1. The zero-order chi connectivity index (χ0) is 16.2. The first-order valence-corrected chi connectivity index (χ1v) is 7.70. The fourth-order valence-electron chi connectivity index (χ4n) is 2.77. The normalized spacial score (nSPS) is 12.3. The largest absolute Gasteiger partial charge is 0.391 e. The van der Waals surface area contributed by atoms with Crippen molar-refractivity contribution >= 4 is 16.8 Å². The fourth-order valence-corrected chi connectivity index (χ4v) is 2.77. The zero-order valence-corrected chi connectivity index (χ0v) is 13.1. The predicted octanol–water partition coefficient (Wildman–Crippen LogP) is 2.51. The number of aliphatic hydroxyl groups excluding tert-OH is 1. The third-order valence-electron chi connectivity index (χ3n) is 4.00. The van der Waals surface area contributed by atoms with Crippen molar-refractivity contribution in [2.24, 2.45) is 7.05 Å². The molecule has 0 saturated carbocycles. The van der Waals surface area contributed by atoms with Crippen LogP contribution < -0.4 is 5.32 Å². The lowest BCUT2D eigenvalue weighted by molar-refractivity contribution is 0.0908. The van der Waals surface area contributed by atoms with Gasteiger partial charge in [0.05, 0.1) is 6.10 Å². The van der Waals surface area contributed by atoms with E-state index in [9.17, 15) is 9.90 Å². The van der Waals surface area contributed by atoms with Crippen LogP contribution in [-0.4, -0.2) is 28.2 Å². The van der Waals surface area contributed by atoms with Gasteiger partial charge < -0.3 is 15.0 Å². The topological polar surface area (TPSA) is 54.3 Å². The molecule has 0 radical (unpaired) electrons. The molecule has 2 aromatic carbocycles. The number of hydrogen-bond donors (Lipinski definition) is 2. The van der Waals surface area contributed by atoms with Gasteiger partial charge in [0.15, 0.2) is 0 Å². The number of carbonyl (C=O) groups is 1. The first kappa shape index (κ1) is 15.3. The number of carbonyl (C=O) groups excluding carboxylic acids is 1. The van der Waals surface area contributed by atoms with Crippen molar-refractivity contribution in [3.63, 3.8) is 0 Å². The fraction of sp³-hybridized carbons (Fsp3) is 0.211. The maximum atomic E-state index is 12.3. The molecule has 4 heteroatoms.